The Kier molecular flexibility index (Phi) is 6.24. The van der Waals surface area contributed by atoms with Gasteiger partial charge >= 0.3 is 0 Å². The van der Waals surface area contributed by atoms with E-state index >= 15 is 0 Å². The lowest BCUT2D eigenvalue weighted by molar-refractivity contribution is -0.122. The number of halogens is 3. The number of aryl methyl sites for hydroxylation is 1. The normalized spacial score (nSPS) is 11.8. The van der Waals surface area contributed by atoms with Crippen molar-refractivity contribution in [2.24, 2.45) is 0 Å². The number of hydrogen-bond acceptors (Lipinski definition) is 4. The number of likely N-dealkylation sites (N-methyl/N-ethyl adjacent to an activating group) is 1. The summed E-state index contributed by atoms with van der Waals surface area (Å²) in [5.41, 5.74) is 1.35. The van der Waals surface area contributed by atoms with E-state index in [1.54, 1.807) is 25.1 Å². The van der Waals surface area contributed by atoms with Gasteiger partial charge in [-0.2, -0.15) is 0 Å². The summed E-state index contributed by atoms with van der Waals surface area (Å²) in [6.45, 7) is 1.67. The van der Waals surface area contributed by atoms with Crippen LogP contribution >= 0.6 is 22.9 Å². The van der Waals surface area contributed by atoms with Gasteiger partial charge in [-0.25, -0.2) is 13.8 Å². The van der Waals surface area contributed by atoms with Crippen molar-refractivity contribution in [3.8, 4) is 10.6 Å². The number of rotatable bonds is 5. The summed E-state index contributed by atoms with van der Waals surface area (Å²) in [5, 5.41) is 6.12. The Morgan fingerprint density at radius 1 is 1.14 bits per heavy atom. The first-order valence-corrected chi connectivity index (χ1v) is 9.70. The second kappa shape index (κ2) is 8.67. The highest BCUT2D eigenvalue weighted by molar-refractivity contribution is 7.17. The lowest BCUT2D eigenvalue weighted by atomic mass is 10.1. The molecule has 1 unspecified atom stereocenters. The molecule has 3 rings (SSSR count). The molecule has 9 heteroatoms. The number of aromatic nitrogens is 1. The molecule has 0 radical (unpaired) electrons. The third kappa shape index (κ3) is 4.60. The first kappa shape index (κ1) is 20.9. The van der Waals surface area contributed by atoms with E-state index in [1.807, 2.05) is 6.07 Å². The first-order valence-electron chi connectivity index (χ1n) is 8.51. The van der Waals surface area contributed by atoms with Crippen LogP contribution in [0.3, 0.4) is 0 Å². The van der Waals surface area contributed by atoms with Crippen molar-refractivity contribution in [3.63, 3.8) is 0 Å². The van der Waals surface area contributed by atoms with E-state index in [-0.39, 0.29) is 5.56 Å². The minimum atomic E-state index is -1.20. The molecule has 3 aromatic rings. The maximum absolute atomic E-state index is 13.6. The number of carbonyl (C=O) groups is 2. The van der Waals surface area contributed by atoms with Crippen LogP contribution in [0.15, 0.2) is 42.5 Å². The molecular formula is C20H16ClF2N3O2S. The fraction of sp³-hybridized carbons (Fsp3) is 0.150. The van der Waals surface area contributed by atoms with Crippen molar-refractivity contribution in [2.75, 3.05) is 7.05 Å². The van der Waals surface area contributed by atoms with Gasteiger partial charge in [0, 0.05) is 17.6 Å². The Balaban J connectivity index is 1.90. The van der Waals surface area contributed by atoms with Gasteiger partial charge in [-0.1, -0.05) is 29.8 Å². The van der Waals surface area contributed by atoms with Crippen LogP contribution in [0.1, 0.15) is 27.0 Å². The van der Waals surface area contributed by atoms with Gasteiger partial charge in [-0.3, -0.25) is 9.59 Å². The van der Waals surface area contributed by atoms with E-state index < -0.39 is 29.5 Å². The predicted molar refractivity (Wildman–Crippen MR) is 108 cm³/mol. The van der Waals surface area contributed by atoms with Crippen molar-refractivity contribution >= 4 is 34.8 Å². The Morgan fingerprint density at radius 2 is 1.90 bits per heavy atom. The number of hydrogen-bond donors (Lipinski definition) is 2. The van der Waals surface area contributed by atoms with Gasteiger partial charge in [-0.15, -0.1) is 11.3 Å². The van der Waals surface area contributed by atoms with Gasteiger partial charge in [0.1, 0.15) is 15.9 Å². The largest absolute Gasteiger partial charge is 0.357 e. The van der Waals surface area contributed by atoms with E-state index in [0.29, 0.717) is 20.6 Å². The Hall–Kier alpha value is -2.84. The van der Waals surface area contributed by atoms with Crippen molar-refractivity contribution in [1.29, 1.82) is 0 Å². The molecule has 1 aromatic heterocycles. The molecule has 1 atom stereocenters. The monoisotopic (exact) mass is 435 g/mol. The molecule has 2 aromatic carbocycles. The molecule has 0 spiro atoms. The zero-order valence-corrected chi connectivity index (χ0v) is 17.0. The molecule has 1 heterocycles. The number of nitrogens with zero attached hydrogens (tertiary/aromatic N) is 1. The molecular weight excluding hydrogens is 420 g/mol. The zero-order chi connectivity index (χ0) is 21.1. The summed E-state index contributed by atoms with van der Waals surface area (Å²) < 4.78 is 26.9. The third-order valence-corrected chi connectivity index (χ3v) is 5.58. The predicted octanol–water partition coefficient (Wildman–Crippen LogP) is 4.27. The van der Waals surface area contributed by atoms with Gasteiger partial charge in [0.25, 0.3) is 5.91 Å². The minimum absolute atomic E-state index is 0.119. The van der Waals surface area contributed by atoms with E-state index in [0.717, 1.165) is 29.0 Å². The van der Waals surface area contributed by atoms with E-state index in [1.165, 1.54) is 13.1 Å². The minimum Gasteiger partial charge on any atom is -0.357 e. The Labute approximate surface area is 174 Å². The Morgan fingerprint density at radius 3 is 2.55 bits per heavy atom. The maximum Gasteiger partial charge on any atom is 0.264 e. The van der Waals surface area contributed by atoms with Crippen LogP contribution in [0, 0.1) is 18.6 Å². The van der Waals surface area contributed by atoms with Crippen LogP contribution in [0.5, 0.6) is 0 Å². The maximum atomic E-state index is 13.6. The molecule has 0 saturated carbocycles. The van der Waals surface area contributed by atoms with Gasteiger partial charge < -0.3 is 10.6 Å². The molecule has 0 fully saturated rings. The van der Waals surface area contributed by atoms with E-state index in [4.69, 9.17) is 11.6 Å². The SMILES string of the molecule is CNC(=O)C(NC(=O)c1sc(-c2cccc(Cl)c2)nc1C)c1ccc(F)c(F)c1. The van der Waals surface area contributed by atoms with Crippen LogP contribution in [0.2, 0.25) is 5.02 Å². The topological polar surface area (TPSA) is 71.1 Å². The number of carbonyl (C=O) groups excluding carboxylic acids is 2. The van der Waals surface area contributed by atoms with Crippen LogP contribution < -0.4 is 10.6 Å². The van der Waals surface area contributed by atoms with Crippen molar-refractivity contribution in [2.45, 2.75) is 13.0 Å². The molecule has 150 valence electrons. The summed E-state index contributed by atoms with van der Waals surface area (Å²) in [6, 6.07) is 8.90. The molecule has 29 heavy (non-hydrogen) atoms. The number of amides is 2. The fourth-order valence-corrected chi connectivity index (χ4v) is 3.84. The van der Waals surface area contributed by atoms with Crippen LogP contribution in [-0.4, -0.2) is 23.8 Å². The van der Waals surface area contributed by atoms with Crippen molar-refractivity contribution < 1.29 is 18.4 Å². The smallest absolute Gasteiger partial charge is 0.264 e. The molecule has 0 saturated heterocycles. The Bertz CT molecular complexity index is 1090. The second-order valence-electron chi connectivity index (χ2n) is 6.14. The second-order valence-corrected chi connectivity index (χ2v) is 7.57. The fourth-order valence-electron chi connectivity index (χ4n) is 2.69. The lowest BCUT2D eigenvalue weighted by Gasteiger charge is -2.17. The van der Waals surface area contributed by atoms with Crippen molar-refractivity contribution in [1.82, 2.24) is 15.6 Å². The molecule has 2 N–H and O–H groups in total. The number of thiazole rings is 1. The summed E-state index contributed by atoms with van der Waals surface area (Å²) in [7, 11) is 1.39. The van der Waals surface area contributed by atoms with E-state index in [2.05, 4.69) is 15.6 Å². The average molecular weight is 436 g/mol. The van der Waals surface area contributed by atoms with E-state index in [9.17, 15) is 18.4 Å². The standard InChI is InChI=1S/C20H16ClF2N3O2S/c1-10-17(29-20(25-10)12-4-3-5-13(21)8-12)19(28)26-16(18(27)24-2)11-6-7-14(22)15(23)9-11/h3-9,16H,1-2H3,(H,24,27)(H,26,28). The zero-order valence-electron chi connectivity index (χ0n) is 15.4. The summed E-state index contributed by atoms with van der Waals surface area (Å²) >= 11 is 7.15. The average Bonchev–Trinajstić information content (AvgIpc) is 3.09. The van der Waals surface area contributed by atoms with Gasteiger partial charge in [-0.05, 0) is 36.8 Å². The summed E-state index contributed by atoms with van der Waals surface area (Å²) in [4.78, 5) is 29.8. The third-order valence-electron chi connectivity index (χ3n) is 4.14. The summed E-state index contributed by atoms with van der Waals surface area (Å²) in [6.07, 6.45) is 0. The first-order chi connectivity index (χ1) is 13.8. The summed E-state index contributed by atoms with van der Waals surface area (Å²) in [5.74, 6) is -3.27. The lowest BCUT2D eigenvalue weighted by Crippen LogP contribution is -2.39. The molecule has 0 aliphatic rings. The molecule has 5 nitrogen and oxygen atoms in total. The highest BCUT2D eigenvalue weighted by atomic mass is 35.5. The van der Waals surface area contributed by atoms with Crippen LogP contribution in [-0.2, 0) is 4.79 Å². The number of nitrogens with one attached hydrogen (secondary N) is 2. The quantitative estimate of drug-likeness (QED) is 0.628. The van der Waals surface area contributed by atoms with Gasteiger partial charge in [0.05, 0.1) is 5.69 Å². The number of benzene rings is 2. The van der Waals surface area contributed by atoms with Gasteiger partial charge in [0.2, 0.25) is 5.91 Å². The molecule has 0 aliphatic carbocycles. The van der Waals surface area contributed by atoms with Crippen molar-refractivity contribution in [3.05, 3.63) is 75.3 Å². The molecule has 0 bridgehead atoms. The van der Waals surface area contributed by atoms with Crippen LogP contribution in [0.4, 0.5) is 8.78 Å². The van der Waals surface area contributed by atoms with Gasteiger partial charge in [0.15, 0.2) is 11.6 Å². The highest BCUT2D eigenvalue weighted by Crippen LogP contribution is 2.30. The molecule has 2 amide bonds. The van der Waals surface area contributed by atoms with Crippen LogP contribution in [0.25, 0.3) is 10.6 Å². The molecule has 0 aliphatic heterocycles. The highest BCUT2D eigenvalue weighted by Gasteiger charge is 2.26.